The predicted octanol–water partition coefficient (Wildman–Crippen LogP) is 3.53. The summed E-state index contributed by atoms with van der Waals surface area (Å²) in [4.78, 5) is 14.1. The third-order valence-corrected chi connectivity index (χ3v) is 3.68. The monoisotopic (exact) mass is 318 g/mol. The van der Waals surface area contributed by atoms with Crippen LogP contribution in [0.15, 0.2) is 42.5 Å². The molecule has 2 rings (SSSR count). The summed E-state index contributed by atoms with van der Waals surface area (Å²) < 4.78 is 26.4. The molecule has 1 N–H and O–H groups in total. The van der Waals surface area contributed by atoms with Crippen LogP contribution >= 0.6 is 0 Å². The molecule has 0 radical (unpaired) electrons. The van der Waals surface area contributed by atoms with E-state index in [1.807, 2.05) is 38.1 Å². The van der Waals surface area contributed by atoms with Crippen molar-refractivity contribution in [2.24, 2.45) is 0 Å². The van der Waals surface area contributed by atoms with Crippen LogP contribution < -0.4 is 10.2 Å². The van der Waals surface area contributed by atoms with E-state index >= 15 is 0 Å². The van der Waals surface area contributed by atoms with Gasteiger partial charge in [-0.3, -0.25) is 4.79 Å². The summed E-state index contributed by atoms with van der Waals surface area (Å²) >= 11 is 0. The summed E-state index contributed by atoms with van der Waals surface area (Å²) in [7, 11) is 0. The second-order valence-electron chi connectivity index (χ2n) is 5.25. The lowest BCUT2D eigenvalue weighted by molar-refractivity contribution is 0.0950. The lowest BCUT2D eigenvalue weighted by Crippen LogP contribution is -2.35. The third kappa shape index (κ3) is 4.28. The van der Waals surface area contributed by atoms with Crippen molar-refractivity contribution in [3.63, 3.8) is 0 Å². The number of hydrogen-bond acceptors (Lipinski definition) is 2. The van der Waals surface area contributed by atoms with Crippen LogP contribution in [0.3, 0.4) is 0 Å². The number of carbonyl (C=O) groups excluding carboxylic acids is 1. The van der Waals surface area contributed by atoms with Gasteiger partial charge in [0.1, 0.15) is 11.6 Å². The molecule has 0 aliphatic heterocycles. The van der Waals surface area contributed by atoms with Crippen LogP contribution in [0.5, 0.6) is 0 Å². The molecule has 0 saturated heterocycles. The Morgan fingerprint density at radius 3 is 2.57 bits per heavy atom. The minimum absolute atomic E-state index is 0.148. The van der Waals surface area contributed by atoms with Crippen molar-refractivity contribution < 1.29 is 13.6 Å². The van der Waals surface area contributed by atoms with Gasteiger partial charge >= 0.3 is 0 Å². The largest absolute Gasteiger partial charge is 0.370 e. The molecule has 23 heavy (non-hydrogen) atoms. The highest BCUT2D eigenvalue weighted by molar-refractivity contribution is 5.94. The molecule has 3 nitrogen and oxygen atoms in total. The van der Waals surface area contributed by atoms with Gasteiger partial charge in [-0.1, -0.05) is 18.2 Å². The number of hydrogen-bond donors (Lipinski definition) is 1. The zero-order valence-electron chi connectivity index (χ0n) is 13.3. The van der Waals surface area contributed by atoms with Gasteiger partial charge in [0, 0.05) is 31.4 Å². The van der Waals surface area contributed by atoms with Crippen molar-refractivity contribution in [3.05, 3.63) is 65.2 Å². The van der Waals surface area contributed by atoms with Crippen molar-refractivity contribution in [1.82, 2.24) is 5.32 Å². The maximum atomic E-state index is 13.6. The SMILES string of the molecule is CCN(CCNC(=O)c1ccc(F)cc1F)c1ccccc1C. The van der Waals surface area contributed by atoms with E-state index in [1.165, 1.54) is 0 Å². The molecular weight excluding hydrogens is 298 g/mol. The van der Waals surface area contributed by atoms with Crippen molar-refractivity contribution in [1.29, 1.82) is 0 Å². The second-order valence-corrected chi connectivity index (χ2v) is 5.25. The number of nitrogens with zero attached hydrogens (tertiary/aromatic N) is 1. The number of benzene rings is 2. The fourth-order valence-corrected chi connectivity index (χ4v) is 2.44. The number of rotatable bonds is 6. The molecule has 2 aromatic carbocycles. The summed E-state index contributed by atoms with van der Waals surface area (Å²) in [6.45, 7) is 5.84. The Balaban J connectivity index is 1.95. The van der Waals surface area contributed by atoms with Gasteiger partial charge in [0.15, 0.2) is 0 Å². The van der Waals surface area contributed by atoms with Crippen LogP contribution in [0.1, 0.15) is 22.8 Å². The van der Waals surface area contributed by atoms with Gasteiger partial charge in [-0.2, -0.15) is 0 Å². The average molecular weight is 318 g/mol. The fraction of sp³-hybridized carbons (Fsp3) is 0.278. The van der Waals surface area contributed by atoms with Crippen LogP contribution in [0.25, 0.3) is 0 Å². The molecule has 5 heteroatoms. The molecule has 0 atom stereocenters. The molecule has 0 fully saturated rings. The minimum Gasteiger partial charge on any atom is -0.370 e. The highest BCUT2D eigenvalue weighted by atomic mass is 19.1. The maximum absolute atomic E-state index is 13.6. The smallest absolute Gasteiger partial charge is 0.254 e. The van der Waals surface area contributed by atoms with Gasteiger partial charge in [-0.05, 0) is 37.6 Å². The average Bonchev–Trinajstić information content (AvgIpc) is 2.52. The summed E-state index contributed by atoms with van der Waals surface area (Å²) in [6, 6.07) is 10.9. The Kier molecular flexibility index (Phi) is 5.68. The Bertz CT molecular complexity index is 688. The number of aryl methyl sites for hydroxylation is 1. The van der Waals surface area contributed by atoms with Gasteiger partial charge < -0.3 is 10.2 Å². The van der Waals surface area contributed by atoms with Gasteiger partial charge in [0.05, 0.1) is 5.56 Å². The quantitative estimate of drug-likeness (QED) is 0.884. The first-order valence-corrected chi connectivity index (χ1v) is 7.56. The first-order chi connectivity index (χ1) is 11.0. The van der Waals surface area contributed by atoms with Crippen molar-refractivity contribution in [2.75, 3.05) is 24.5 Å². The van der Waals surface area contributed by atoms with Crippen molar-refractivity contribution >= 4 is 11.6 Å². The fourth-order valence-electron chi connectivity index (χ4n) is 2.44. The Morgan fingerprint density at radius 2 is 1.91 bits per heavy atom. The highest BCUT2D eigenvalue weighted by Crippen LogP contribution is 2.18. The van der Waals surface area contributed by atoms with E-state index in [1.54, 1.807) is 0 Å². The van der Waals surface area contributed by atoms with Crippen LogP contribution in [0.4, 0.5) is 14.5 Å². The number of carbonyl (C=O) groups is 1. The summed E-state index contributed by atoms with van der Waals surface area (Å²) in [5, 5.41) is 2.67. The predicted molar refractivity (Wildman–Crippen MR) is 87.8 cm³/mol. The van der Waals surface area contributed by atoms with E-state index in [4.69, 9.17) is 0 Å². The van der Waals surface area contributed by atoms with Crippen LogP contribution in [-0.4, -0.2) is 25.5 Å². The van der Waals surface area contributed by atoms with E-state index < -0.39 is 17.5 Å². The molecule has 0 spiro atoms. The first kappa shape index (κ1) is 16.9. The normalized spacial score (nSPS) is 10.4. The van der Waals surface area contributed by atoms with Gasteiger partial charge in [0.2, 0.25) is 0 Å². The summed E-state index contributed by atoms with van der Waals surface area (Å²) in [5.41, 5.74) is 2.12. The van der Waals surface area contributed by atoms with E-state index in [-0.39, 0.29) is 5.56 Å². The molecule has 0 aliphatic rings. The van der Waals surface area contributed by atoms with Gasteiger partial charge in [-0.15, -0.1) is 0 Å². The molecule has 0 unspecified atom stereocenters. The molecule has 122 valence electrons. The highest BCUT2D eigenvalue weighted by Gasteiger charge is 2.13. The van der Waals surface area contributed by atoms with Gasteiger partial charge in [-0.25, -0.2) is 8.78 Å². The number of halogens is 2. The molecule has 0 saturated carbocycles. The summed E-state index contributed by atoms with van der Waals surface area (Å²) in [5.74, 6) is -2.09. The zero-order chi connectivity index (χ0) is 16.8. The van der Waals surface area contributed by atoms with E-state index in [9.17, 15) is 13.6 Å². The topological polar surface area (TPSA) is 32.3 Å². The standard InChI is InChI=1S/C18H20F2N2O/c1-3-22(17-7-5-4-6-13(17)2)11-10-21-18(23)15-9-8-14(19)12-16(15)20/h4-9,12H,3,10-11H2,1-2H3,(H,21,23). The van der Waals surface area contributed by atoms with E-state index in [0.29, 0.717) is 19.2 Å². The molecular formula is C18H20F2N2O. The minimum atomic E-state index is -0.853. The lowest BCUT2D eigenvalue weighted by atomic mass is 10.1. The Morgan fingerprint density at radius 1 is 1.17 bits per heavy atom. The van der Waals surface area contributed by atoms with E-state index in [2.05, 4.69) is 10.2 Å². The number of nitrogens with one attached hydrogen (secondary N) is 1. The second kappa shape index (κ2) is 7.72. The molecule has 0 heterocycles. The lowest BCUT2D eigenvalue weighted by Gasteiger charge is -2.25. The number of para-hydroxylation sites is 1. The first-order valence-electron chi connectivity index (χ1n) is 7.56. The van der Waals surface area contributed by atoms with Crippen molar-refractivity contribution in [3.8, 4) is 0 Å². The Hall–Kier alpha value is -2.43. The van der Waals surface area contributed by atoms with Crippen molar-refractivity contribution in [2.45, 2.75) is 13.8 Å². The van der Waals surface area contributed by atoms with Crippen LogP contribution in [0, 0.1) is 18.6 Å². The van der Waals surface area contributed by atoms with Gasteiger partial charge in [0.25, 0.3) is 5.91 Å². The van der Waals surface area contributed by atoms with E-state index in [0.717, 1.165) is 29.9 Å². The molecule has 0 aromatic heterocycles. The molecule has 0 bridgehead atoms. The molecule has 2 aromatic rings. The van der Waals surface area contributed by atoms with Crippen LogP contribution in [-0.2, 0) is 0 Å². The number of anilines is 1. The Labute approximate surface area is 134 Å². The zero-order valence-corrected chi connectivity index (χ0v) is 13.3. The third-order valence-electron chi connectivity index (χ3n) is 3.68. The molecule has 1 amide bonds. The number of amides is 1. The number of likely N-dealkylation sites (N-methyl/N-ethyl adjacent to an activating group) is 1. The molecule has 0 aliphatic carbocycles. The van der Waals surface area contributed by atoms with Crippen LogP contribution in [0.2, 0.25) is 0 Å². The maximum Gasteiger partial charge on any atom is 0.254 e. The summed E-state index contributed by atoms with van der Waals surface area (Å²) in [6.07, 6.45) is 0.